The van der Waals surface area contributed by atoms with Crippen LogP contribution in [0.2, 0.25) is 0 Å². The molecule has 0 unspecified atom stereocenters. The van der Waals surface area contributed by atoms with Crippen LogP contribution in [-0.4, -0.2) is 42.3 Å². The summed E-state index contributed by atoms with van der Waals surface area (Å²) in [6, 6.07) is 11.1. The van der Waals surface area contributed by atoms with Gasteiger partial charge in [0, 0.05) is 29.1 Å². The third kappa shape index (κ3) is 6.73. The Kier molecular flexibility index (Phi) is 8.15. The molecule has 2 amide bonds. The smallest absolute Gasteiger partial charge is 0.320 e. The van der Waals surface area contributed by atoms with Gasteiger partial charge in [-0.25, -0.2) is 14.8 Å². The number of anilines is 2. The Labute approximate surface area is 201 Å². The number of carbonyl (C=O) groups excluding carboxylic acids is 1. The van der Waals surface area contributed by atoms with Crippen LogP contribution in [0.3, 0.4) is 0 Å². The molecule has 0 atom stereocenters. The van der Waals surface area contributed by atoms with E-state index < -0.39 is 5.54 Å². The maximum atomic E-state index is 12.7. The molecule has 0 bridgehead atoms. The fourth-order valence-electron chi connectivity index (χ4n) is 3.50. The Bertz CT molecular complexity index is 1120. The number of amides is 2. The highest BCUT2D eigenvalue weighted by Crippen LogP contribution is 2.35. The molecule has 3 N–H and O–H groups in total. The Hall–Kier alpha value is -3.55. The summed E-state index contributed by atoms with van der Waals surface area (Å²) >= 11 is 0. The van der Waals surface area contributed by atoms with Crippen LogP contribution >= 0.6 is 0 Å². The van der Waals surface area contributed by atoms with Crippen molar-refractivity contribution in [2.45, 2.75) is 52.5 Å². The van der Waals surface area contributed by atoms with Crippen LogP contribution in [0.4, 0.5) is 16.4 Å². The molecule has 0 aliphatic heterocycles. The lowest BCUT2D eigenvalue weighted by Crippen LogP contribution is -2.43. The number of fused-ring (bicyclic) bond motifs is 1. The van der Waals surface area contributed by atoms with Crippen molar-refractivity contribution in [2.75, 3.05) is 31.4 Å². The number of urea groups is 1. The molecule has 0 saturated carbocycles. The van der Waals surface area contributed by atoms with Crippen molar-refractivity contribution in [1.82, 2.24) is 15.3 Å². The number of aromatic nitrogens is 2. The molecular formula is C26H35N5O3. The minimum atomic E-state index is -0.395. The van der Waals surface area contributed by atoms with Gasteiger partial charge >= 0.3 is 6.03 Å². The normalized spacial score (nSPS) is 11.2. The standard InChI is InChI=1S/C26H35N5O3/c1-7-8-9-12-27-22-11-10-17-15-21(18-13-19(33-5)16-20(14-18)34-6)24(29-23(17)28-22)30-25(32)31-26(2,3)4/h10-11,13-16H,7-9,12H2,1-6H3,(H3,27,28,29,30,31,32). The van der Waals surface area contributed by atoms with Crippen molar-refractivity contribution in [1.29, 1.82) is 0 Å². The van der Waals surface area contributed by atoms with Gasteiger partial charge in [0.2, 0.25) is 0 Å². The number of hydrogen-bond acceptors (Lipinski definition) is 6. The third-order valence-electron chi connectivity index (χ3n) is 5.15. The molecule has 34 heavy (non-hydrogen) atoms. The predicted octanol–water partition coefficient (Wildman–Crippen LogP) is 5.84. The number of nitrogens with zero attached hydrogens (tertiary/aromatic N) is 2. The summed E-state index contributed by atoms with van der Waals surface area (Å²) in [5.41, 5.74) is 1.69. The Balaban J connectivity index is 2.05. The van der Waals surface area contributed by atoms with Gasteiger partial charge in [-0.15, -0.1) is 0 Å². The molecule has 0 fully saturated rings. The molecule has 0 aliphatic carbocycles. The van der Waals surface area contributed by atoms with E-state index in [0.717, 1.165) is 41.7 Å². The maximum Gasteiger partial charge on any atom is 0.320 e. The first-order valence-electron chi connectivity index (χ1n) is 11.6. The second kappa shape index (κ2) is 11.0. The van der Waals surface area contributed by atoms with E-state index in [2.05, 4.69) is 27.9 Å². The van der Waals surface area contributed by atoms with Crippen molar-refractivity contribution in [3.63, 3.8) is 0 Å². The van der Waals surface area contributed by atoms with Crippen LogP contribution in [0.5, 0.6) is 11.5 Å². The minimum Gasteiger partial charge on any atom is -0.497 e. The monoisotopic (exact) mass is 465 g/mol. The summed E-state index contributed by atoms with van der Waals surface area (Å²) in [5, 5.41) is 10.0. The Morgan fingerprint density at radius 2 is 1.68 bits per heavy atom. The van der Waals surface area contributed by atoms with Crippen LogP contribution in [0.15, 0.2) is 36.4 Å². The molecule has 8 nitrogen and oxygen atoms in total. The quantitative estimate of drug-likeness (QED) is 0.344. The molecule has 0 spiro atoms. The van der Waals surface area contributed by atoms with Crippen molar-refractivity contribution in [2.24, 2.45) is 0 Å². The molecule has 0 aliphatic rings. The maximum absolute atomic E-state index is 12.7. The summed E-state index contributed by atoms with van der Waals surface area (Å²) in [6.45, 7) is 8.80. The number of carbonyl (C=O) groups is 1. The second-order valence-corrected chi connectivity index (χ2v) is 9.19. The number of benzene rings is 1. The Morgan fingerprint density at radius 1 is 0.971 bits per heavy atom. The summed E-state index contributed by atoms with van der Waals surface area (Å²) < 4.78 is 10.9. The Morgan fingerprint density at radius 3 is 2.29 bits per heavy atom. The molecular weight excluding hydrogens is 430 g/mol. The van der Waals surface area contributed by atoms with E-state index in [9.17, 15) is 4.79 Å². The van der Waals surface area contributed by atoms with Gasteiger partial charge in [0.05, 0.1) is 14.2 Å². The van der Waals surface area contributed by atoms with Crippen LogP contribution < -0.4 is 25.4 Å². The molecule has 1 aromatic carbocycles. The highest BCUT2D eigenvalue weighted by atomic mass is 16.5. The summed E-state index contributed by atoms with van der Waals surface area (Å²) in [7, 11) is 3.21. The highest BCUT2D eigenvalue weighted by Gasteiger charge is 2.18. The van der Waals surface area contributed by atoms with Crippen molar-refractivity contribution in [3.05, 3.63) is 36.4 Å². The van der Waals surface area contributed by atoms with Crippen LogP contribution in [-0.2, 0) is 0 Å². The fourth-order valence-corrected chi connectivity index (χ4v) is 3.50. The lowest BCUT2D eigenvalue weighted by molar-refractivity contribution is 0.243. The van der Waals surface area contributed by atoms with Gasteiger partial charge in [-0.3, -0.25) is 5.32 Å². The molecule has 8 heteroatoms. The van der Waals surface area contributed by atoms with E-state index in [4.69, 9.17) is 14.5 Å². The average Bonchev–Trinajstić information content (AvgIpc) is 2.79. The van der Waals surface area contributed by atoms with Gasteiger partial charge in [0.1, 0.15) is 23.1 Å². The minimum absolute atomic E-state index is 0.343. The molecule has 3 rings (SSSR count). The van der Waals surface area contributed by atoms with E-state index in [0.29, 0.717) is 23.0 Å². The van der Waals surface area contributed by atoms with Crippen LogP contribution in [0.25, 0.3) is 22.2 Å². The zero-order chi connectivity index (χ0) is 24.7. The van der Waals surface area contributed by atoms with E-state index in [1.165, 1.54) is 6.42 Å². The molecule has 0 saturated heterocycles. The van der Waals surface area contributed by atoms with Crippen molar-refractivity contribution in [3.8, 4) is 22.6 Å². The number of hydrogen-bond donors (Lipinski definition) is 3. The number of pyridine rings is 2. The zero-order valence-corrected chi connectivity index (χ0v) is 20.9. The molecule has 2 aromatic heterocycles. The number of ether oxygens (including phenoxy) is 2. The SMILES string of the molecule is CCCCCNc1ccc2cc(-c3cc(OC)cc(OC)c3)c(NC(=O)NC(C)(C)C)nc2n1. The van der Waals surface area contributed by atoms with Gasteiger partial charge in [-0.05, 0) is 63.1 Å². The van der Waals surface area contributed by atoms with E-state index in [-0.39, 0.29) is 6.03 Å². The third-order valence-corrected chi connectivity index (χ3v) is 5.15. The van der Waals surface area contributed by atoms with Crippen molar-refractivity contribution >= 4 is 28.7 Å². The van der Waals surface area contributed by atoms with E-state index >= 15 is 0 Å². The van der Waals surface area contributed by atoms with Gasteiger partial charge in [0.25, 0.3) is 0 Å². The van der Waals surface area contributed by atoms with Crippen LogP contribution in [0, 0.1) is 0 Å². The topological polar surface area (TPSA) is 97.4 Å². The van der Waals surface area contributed by atoms with Gasteiger partial charge in [-0.2, -0.15) is 0 Å². The van der Waals surface area contributed by atoms with E-state index in [1.807, 2.05) is 51.1 Å². The fraction of sp³-hybridized carbons (Fsp3) is 0.423. The molecule has 182 valence electrons. The average molecular weight is 466 g/mol. The van der Waals surface area contributed by atoms with Crippen LogP contribution in [0.1, 0.15) is 47.0 Å². The zero-order valence-electron chi connectivity index (χ0n) is 20.9. The molecule has 2 heterocycles. The predicted molar refractivity (Wildman–Crippen MR) is 138 cm³/mol. The molecule has 0 radical (unpaired) electrons. The second-order valence-electron chi connectivity index (χ2n) is 9.19. The first kappa shape index (κ1) is 25.1. The first-order valence-corrected chi connectivity index (χ1v) is 11.6. The lowest BCUT2D eigenvalue weighted by Gasteiger charge is -2.21. The number of unbranched alkanes of at least 4 members (excludes halogenated alkanes) is 2. The van der Waals surface area contributed by atoms with Gasteiger partial charge in [-0.1, -0.05) is 19.8 Å². The van der Waals surface area contributed by atoms with E-state index in [1.54, 1.807) is 20.3 Å². The summed E-state index contributed by atoms with van der Waals surface area (Å²) in [5.74, 6) is 2.45. The number of rotatable bonds is 9. The number of methoxy groups -OCH3 is 2. The van der Waals surface area contributed by atoms with Crippen molar-refractivity contribution < 1.29 is 14.3 Å². The van der Waals surface area contributed by atoms with Gasteiger partial charge in [0.15, 0.2) is 5.65 Å². The highest BCUT2D eigenvalue weighted by molar-refractivity contribution is 5.97. The first-order chi connectivity index (χ1) is 16.2. The number of nitrogens with one attached hydrogen (secondary N) is 3. The lowest BCUT2D eigenvalue weighted by atomic mass is 10.0. The summed E-state index contributed by atoms with van der Waals surface area (Å²) in [6.07, 6.45) is 3.42. The summed E-state index contributed by atoms with van der Waals surface area (Å²) in [4.78, 5) is 22.1. The largest absolute Gasteiger partial charge is 0.497 e. The molecule has 3 aromatic rings. The van der Waals surface area contributed by atoms with Gasteiger partial charge < -0.3 is 20.1 Å².